The first-order chi connectivity index (χ1) is 20.6. The van der Waals surface area contributed by atoms with Crippen molar-refractivity contribution in [3.05, 3.63) is 0 Å². The molecule has 0 spiro atoms. The first kappa shape index (κ1) is 34.7. The maximum atomic E-state index is 7.22. The fourth-order valence-corrected chi connectivity index (χ4v) is 28.9. The minimum absolute atomic E-state index is 0.0471. The summed E-state index contributed by atoms with van der Waals surface area (Å²) in [5, 5.41) is 0. The highest BCUT2D eigenvalue weighted by Crippen LogP contribution is 2.39. The van der Waals surface area contributed by atoms with Crippen molar-refractivity contribution in [2.24, 2.45) is 0 Å². The third-order valence-electron chi connectivity index (χ3n) is 7.99. The molecule has 0 N–H and O–H groups in total. The van der Waals surface area contributed by atoms with Gasteiger partial charge in [0.1, 0.15) is 24.9 Å². The van der Waals surface area contributed by atoms with Crippen molar-refractivity contribution in [1.29, 1.82) is 0 Å². The summed E-state index contributed by atoms with van der Waals surface area (Å²) in [6.07, 6.45) is 4.21. The predicted octanol–water partition coefficient (Wildman–Crippen LogP) is 3.53. The number of hydrogen-bond donors (Lipinski definition) is 0. The molecule has 0 aliphatic carbocycles. The summed E-state index contributed by atoms with van der Waals surface area (Å²) in [6, 6.07) is 3.30. The number of epoxide rings is 4. The zero-order valence-corrected chi connectivity index (χ0v) is 30.6. The smallest absolute Gasteiger partial charge is 0.317 e. The Morgan fingerprint density at radius 2 is 0.767 bits per heavy atom. The monoisotopic (exact) mass is 682 g/mol. The molecule has 12 nitrogen and oxygen atoms in total. The molecule has 5 aliphatic rings. The van der Waals surface area contributed by atoms with Gasteiger partial charge in [0.25, 0.3) is 0 Å². The highest BCUT2D eigenvalue weighted by atomic mass is 28.5. The van der Waals surface area contributed by atoms with Gasteiger partial charge < -0.3 is 54.4 Å². The lowest BCUT2D eigenvalue weighted by Gasteiger charge is -2.50. The Hall–Kier alpha value is 0.388. The molecule has 0 saturated carbocycles. The van der Waals surface area contributed by atoms with Gasteiger partial charge in [-0.3, -0.25) is 0 Å². The van der Waals surface area contributed by atoms with Crippen LogP contribution in [-0.4, -0.2) is 132 Å². The largest absolute Gasteiger partial charge is 0.416 e. The zero-order chi connectivity index (χ0) is 30.2. The third-order valence-corrected chi connectivity index (χ3v) is 26.9. The van der Waals surface area contributed by atoms with Crippen LogP contribution in [-0.2, 0) is 54.4 Å². The van der Waals surface area contributed by atoms with Crippen molar-refractivity contribution in [2.45, 2.75) is 101 Å². The van der Waals surface area contributed by atoms with E-state index in [0.29, 0.717) is 52.9 Å². The number of hydrogen-bond acceptors (Lipinski definition) is 12. The molecule has 16 heteroatoms. The predicted molar refractivity (Wildman–Crippen MR) is 166 cm³/mol. The van der Waals surface area contributed by atoms with Crippen LogP contribution in [0.4, 0.5) is 0 Å². The van der Waals surface area contributed by atoms with Gasteiger partial charge in [0.15, 0.2) is 6.29 Å². The van der Waals surface area contributed by atoms with E-state index < -0.39 is 34.2 Å². The SMILES string of the molecule is C[Si]1(CCCOCC2CO2)O[Si](C)(CCCOCC2CO2)O[Si](C)(CCCOC2CO2)O[Si](C)(CCCOCC2CO2)O1. The van der Waals surface area contributed by atoms with Crippen LogP contribution < -0.4 is 0 Å². The van der Waals surface area contributed by atoms with E-state index in [1.54, 1.807) is 0 Å². The first-order valence-corrected chi connectivity index (χ1v) is 26.4. The van der Waals surface area contributed by atoms with Crippen LogP contribution >= 0.6 is 0 Å². The second-order valence-corrected chi connectivity index (χ2v) is 27.4. The van der Waals surface area contributed by atoms with Gasteiger partial charge in [-0.2, -0.15) is 0 Å². The van der Waals surface area contributed by atoms with Gasteiger partial charge in [0, 0.05) is 26.4 Å². The lowest BCUT2D eigenvalue weighted by molar-refractivity contribution is 0.0497. The fraction of sp³-hybridized carbons (Fsp3) is 1.00. The average Bonchev–Trinajstić information content (AvgIpc) is 3.72. The minimum atomic E-state index is -2.69. The van der Waals surface area contributed by atoms with E-state index in [4.69, 9.17) is 54.4 Å². The molecule has 5 rings (SSSR count). The van der Waals surface area contributed by atoms with Gasteiger partial charge in [0.05, 0.1) is 39.6 Å². The molecular weight excluding hydrogens is 629 g/mol. The van der Waals surface area contributed by atoms with Crippen LogP contribution in [0.3, 0.4) is 0 Å². The summed E-state index contributed by atoms with van der Waals surface area (Å²) < 4.78 is 73.4. The van der Waals surface area contributed by atoms with Gasteiger partial charge in [-0.05, 0) is 76.0 Å². The van der Waals surface area contributed by atoms with E-state index in [1.165, 1.54) is 0 Å². The summed E-state index contributed by atoms with van der Waals surface area (Å²) in [4.78, 5) is 0. The molecule has 0 amide bonds. The molecule has 6 unspecified atom stereocenters. The van der Waals surface area contributed by atoms with E-state index in [0.717, 1.165) is 69.7 Å². The third kappa shape index (κ3) is 13.6. The number of rotatable bonds is 23. The highest BCUT2D eigenvalue weighted by Gasteiger charge is 2.56. The molecule has 5 heterocycles. The van der Waals surface area contributed by atoms with Gasteiger partial charge in [-0.25, -0.2) is 0 Å². The molecule has 5 fully saturated rings. The molecule has 0 bridgehead atoms. The standard InChI is InChI=1S/C27H54O12Si4/c1-40(13-5-9-28-17-24-20-32-24)36-41(2,14-6-10-29-18-25-21-33-25)38-43(4,16-8-12-31-27-23-35-27)39-42(3,37-40)15-7-11-30-19-26-22-34-26/h24-27H,5-23H2,1-4H3. The van der Waals surface area contributed by atoms with Crippen LogP contribution in [0, 0.1) is 0 Å². The maximum absolute atomic E-state index is 7.22. The van der Waals surface area contributed by atoms with Crippen LogP contribution in [0.2, 0.25) is 50.4 Å². The highest BCUT2D eigenvalue weighted by molar-refractivity contribution is 6.93. The van der Waals surface area contributed by atoms with Crippen LogP contribution in [0.5, 0.6) is 0 Å². The van der Waals surface area contributed by atoms with Gasteiger partial charge in [0.2, 0.25) is 0 Å². The van der Waals surface area contributed by atoms with Crippen LogP contribution in [0.1, 0.15) is 25.7 Å². The Bertz CT molecular complexity index is 807. The molecule has 250 valence electrons. The van der Waals surface area contributed by atoms with E-state index in [1.807, 2.05) is 0 Å². The molecular formula is C27H54O12Si4. The second kappa shape index (κ2) is 16.0. The average molecular weight is 683 g/mol. The van der Waals surface area contributed by atoms with E-state index >= 15 is 0 Å². The van der Waals surface area contributed by atoms with Gasteiger partial charge in [-0.15, -0.1) is 0 Å². The Balaban J connectivity index is 1.23. The van der Waals surface area contributed by atoms with E-state index in [9.17, 15) is 0 Å². The molecule has 5 aliphatic heterocycles. The van der Waals surface area contributed by atoms with E-state index in [2.05, 4.69) is 26.2 Å². The lowest BCUT2D eigenvalue weighted by Crippen LogP contribution is -2.67. The molecule has 0 aromatic carbocycles. The molecule has 0 aromatic heterocycles. The number of ether oxygens (including phenoxy) is 8. The Morgan fingerprint density at radius 1 is 0.465 bits per heavy atom. The van der Waals surface area contributed by atoms with Gasteiger partial charge in [-0.1, -0.05) is 0 Å². The molecule has 6 atom stereocenters. The quantitative estimate of drug-likeness (QED) is 0.0890. The topological polar surface area (TPSA) is 124 Å². The lowest BCUT2D eigenvalue weighted by atomic mass is 10.5. The summed E-state index contributed by atoms with van der Waals surface area (Å²) in [5.41, 5.74) is 0. The normalized spacial score (nSPS) is 40.2. The summed E-state index contributed by atoms with van der Waals surface area (Å²) in [5.74, 6) is 0. The van der Waals surface area contributed by atoms with Crippen molar-refractivity contribution in [1.82, 2.24) is 0 Å². The Kier molecular flexibility index (Phi) is 12.9. The first-order valence-electron chi connectivity index (χ1n) is 16.3. The zero-order valence-electron chi connectivity index (χ0n) is 26.6. The summed E-state index contributed by atoms with van der Waals surface area (Å²) in [6.45, 7) is 16.5. The Morgan fingerprint density at radius 3 is 1.05 bits per heavy atom. The van der Waals surface area contributed by atoms with Crippen LogP contribution in [0.15, 0.2) is 0 Å². The summed E-state index contributed by atoms with van der Waals surface area (Å²) >= 11 is 0. The molecule has 5 saturated heterocycles. The Labute approximate surface area is 261 Å². The van der Waals surface area contributed by atoms with Crippen molar-refractivity contribution in [2.75, 3.05) is 72.7 Å². The molecule has 0 aromatic rings. The van der Waals surface area contributed by atoms with Crippen molar-refractivity contribution in [3.8, 4) is 0 Å². The van der Waals surface area contributed by atoms with Crippen molar-refractivity contribution >= 4 is 34.2 Å². The summed E-state index contributed by atoms with van der Waals surface area (Å²) in [7, 11) is -10.8. The maximum Gasteiger partial charge on any atom is 0.317 e. The van der Waals surface area contributed by atoms with Crippen molar-refractivity contribution < 1.29 is 54.4 Å². The second-order valence-electron chi connectivity index (χ2n) is 13.1. The fourth-order valence-electron chi connectivity index (χ4n) is 5.69. The minimum Gasteiger partial charge on any atom is -0.416 e. The van der Waals surface area contributed by atoms with Gasteiger partial charge >= 0.3 is 34.2 Å². The molecule has 43 heavy (non-hydrogen) atoms. The van der Waals surface area contributed by atoms with Crippen LogP contribution in [0.25, 0.3) is 0 Å². The molecule has 0 radical (unpaired) electrons. The van der Waals surface area contributed by atoms with Crippen molar-refractivity contribution in [3.63, 3.8) is 0 Å². The van der Waals surface area contributed by atoms with E-state index in [-0.39, 0.29) is 24.6 Å².